The predicted molar refractivity (Wildman–Crippen MR) is 133 cm³/mol. The van der Waals surface area contributed by atoms with Gasteiger partial charge in [0.2, 0.25) is 17.7 Å². The highest BCUT2D eigenvalue weighted by Gasteiger charge is 2.35. The minimum absolute atomic E-state index is 0.0888. The van der Waals surface area contributed by atoms with E-state index in [0.29, 0.717) is 24.5 Å². The number of hydrogen-bond donors (Lipinski definition) is 2. The van der Waals surface area contributed by atoms with Crippen LogP contribution in [0.2, 0.25) is 0 Å². The minimum Gasteiger partial charge on any atom is -0.497 e. The van der Waals surface area contributed by atoms with Gasteiger partial charge in [-0.25, -0.2) is 0 Å². The minimum atomic E-state index is -0.811. The van der Waals surface area contributed by atoms with Crippen LogP contribution in [0.25, 0.3) is 0 Å². The number of rotatable bonds is 8. The van der Waals surface area contributed by atoms with Crippen molar-refractivity contribution in [2.45, 2.75) is 19.0 Å². The monoisotopic (exact) mass is 479 g/mol. The van der Waals surface area contributed by atoms with Gasteiger partial charge in [0.25, 0.3) is 0 Å². The van der Waals surface area contributed by atoms with E-state index in [2.05, 4.69) is 32.6 Å². The predicted octanol–water partition coefficient (Wildman–Crippen LogP) is 1.17. The summed E-state index contributed by atoms with van der Waals surface area (Å²) < 4.78 is 5.13. The second-order valence-electron chi connectivity index (χ2n) is 8.91. The maximum atomic E-state index is 13.2. The molecule has 0 aromatic heterocycles. The van der Waals surface area contributed by atoms with E-state index in [9.17, 15) is 14.4 Å². The highest BCUT2D eigenvalue weighted by Crippen LogP contribution is 2.17. The number of piperazine rings is 2. The molecule has 2 aliphatic heterocycles. The molecule has 0 unspecified atom stereocenters. The summed E-state index contributed by atoms with van der Waals surface area (Å²) in [6, 6.07) is 16.5. The quantitative estimate of drug-likeness (QED) is 0.590. The van der Waals surface area contributed by atoms with Crippen molar-refractivity contribution in [3.05, 3.63) is 60.2 Å². The van der Waals surface area contributed by atoms with E-state index in [0.717, 1.165) is 32.7 Å². The summed E-state index contributed by atoms with van der Waals surface area (Å²) in [7, 11) is 1.57. The van der Waals surface area contributed by atoms with Crippen molar-refractivity contribution in [1.29, 1.82) is 0 Å². The summed E-state index contributed by atoms with van der Waals surface area (Å²) in [5, 5.41) is 5.58. The Morgan fingerprint density at radius 2 is 1.66 bits per heavy atom. The van der Waals surface area contributed by atoms with E-state index in [4.69, 9.17) is 4.74 Å². The SMILES string of the molecule is COc1ccc(NC(=O)C[C@H]2C(=O)NCCN2C(=O)CN2CCN(Cc3ccccc3)CC2)cc1. The molecule has 4 rings (SSSR count). The molecule has 0 saturated carbocycles. The van der Waals surface area contributed by atoms with Gasteiger partial charge in [0.05, 0.1) is 20.1 Å². The third-order valence-electron chi connectivity index (χ3n) is 6.48. The van der Waals surface area contributed by atoms with Crippen molar-refractivity contribution >= 4 is 23.4 Å². The number of ether oxygens (including phenoxy) is 1. The molecule has 0 bridgehead atoms. The van der Waals surface area contributed by atoms with Crippen LogP contribution in [0.1, 0.15) is 12.0 Å². The largest absolute Gasteiger partial charge is 0.497 e. The zero-order chi connectivity index (χ0) is 24.6. The Hall–Kier alpha value is -3.43. The van der Waals surface area contributed by atoms with Gasteiger partial charge in [-0.05, 0) is 29.8 Å². The Morgan fingerprint density at radius 3 is 2.34 bits per heavy atom. The number of anilines is 1. The molecule has 35 heavy (non-hydrogen) atoms. The molecule has 2 heterocycles. The van der Waals surface area contributed by atoms with Crippen LogP contribution in [-0.2, 0) is 20.9 Å². The smallest absolute Gasteiger partial charge is 0.243 e. The second kappa shape index (κ2) is 11.8. The Kier molecular flexibility index (Phi) is 8.33. The summed E-state index contributed by atoms with van der Waals surface area (Å²) in [6.07, 6.45) is -0.0888. The maximum absolute atomic E-state index is 13.2. The van der Waals surface area contributed by atoms with Gasteiger partial charge in [0.1, 0.15) is 11.8 Å². The van der Waals surface area contributed by atoms with Crippen molar-refractivity contribution in [3.63, 3.8) is 0 Å². The number of carbonyl (C=O) groups is 3. The lowest BCUT2D eigenvalue weighted by Gasteiger charge is -2.38. The first-order chi connectivity index (χ1) is 17.0. The number of amides is 3. The van der Waals surface area contributed by atoms with Gasteiger partial charge < -0.3 is 20.3 Å². The lowest BCUT2D eigenvalue weighted by Crippen LogP contribution is -2.60. The van der Waals surface area contributed by atoms with Crippen molar-refractivity contribution in [2.75, 3.05) is 58.2 Å². The van der Waals surface area contributed by atoms with Gasteiger partial charge >= 0.3 is 0 Å². The fraction of sp³-hybridized carbons (Fsp3) is 0.423. The lowest BCUT2D eigenvalue weighted by atomic mass is 10.1. The molecule has 9 nitrogen and oxygen atoms in total. The first-order valence-corrected chi connectivity index (χ1v) is 12.0. The molecule has 1 atom stereocenters. The van der Waals surface area contributed by atoms with Gasteiger partial charge in [-0.2, -0.15) is 0 Å². The molecular weight excluding hydrogens is 446 g/mol. The van der Waals surface area contributed by atoms with Crippen molar-refractivity contribution in [2.24, 2.45) is 0 Å². The molecule has 0 aliphatic carbocycles. The second-order valence-corrected chi connectivity index (χ2v) is 8.91. The molecule has 2 aromatic rings. The molecule has 0 radical (unpaired) electrons. The number of carbonyl (C=O) groups excluding carboxylic acids is 3. The average Bonchev–Trinajstić information content (AvgIpc) is 2.87. The van der Waals surface area contributed by atoms with Gasteiger partial charge in [-0.3, -0.25) is 24.2 Å². The zero-order valence-electron chi connectivity index (χ0n) is 20.1. The van der Waals surface area contributed by atoms with E-state index < -0.39 is 6.04 Å². The van der Waals surface area contributed by atoms with E-state index in [1.807, 2.05) is 18.2 Å². The molecule has 2 fully saturated rings. The van der Waals surface area contributed by atoms with Gasteiger partial charge in [0.15, 0.2) is 0 Å². The highest BCUT2D eigenvalue weighted by molar-refractivity contribution is 5.97. The molecule has 2 N–H and O–H groups in total. The average molecular weight is 480 g/mol. The van der Waals surface area contributed by atoms with Gasteiger partial charge in [-0.1, -0.05) is 30.3 Å². The Balaban J connectivity index is 1.28. The van der Waals surface area contributed by atoms with Crippen LogP contribution >= 0.6 is 0 Å². The van der Waals surface area contributed by atoms with Crippen LogP contribution in [0.3, 0.4) is 0 Å². The fourth-order valence-corrected chi connectivity index (χ4v) is 4.51. The van der Waals surface area contributed by atoms with Crippen molar-refractivity contribution < 1.29 is 19.1 Å². The van der Waals surface area contributed by atoms with E-state index in [1.165, 1.54) is 5.56 Å². The zero-order valence-corrected chi connectivity index (χ0v) is 20.1. The van der Waals surface area contributed by atoms with Crippen molar-refractivity contribution in [1.82, 2.24) is 20.0 Å². The number of methoxy groups -OCH3 is 1. The molecule has 3 amide bonds. The molecule has 2 saturated heterocycles. The Labute approximate surface area is 206 Å². The summed E-state index contributed by atoms with van der Waals surface area (Å²) in [4.78, 5) is 44.4. The summed E-state index contributed by atoms with van der Waals surface area (Å²) >= 11 is 0. The molecular formula is C26H33N5O4. The van der Waals surface area contributed by atoms with E-state index >= 15 is 0 Å². The maximum Gasteiger partial charge on any atom is 0.243 e. The van der Waals surface area contributed by atoms with Crippen LogP contribution in [0.4, 0.5) is 5.69 Å². The van der Waals surface area contributed by atoms with Crippen LogP contribution in [-0.4, -0.2) is 91.4 Å². The molecule has 2 aromatic carbocycles. The summed E-state index contributed by atoms with van der Waals surface area (Å²) in [6.45, 7) is 5.31. The first kappa shape index (κ1) is 24.7. The van der Waals surface area contributed by atoms with Crippen LogP contribution in [0.5, 0.6) is 5.75 Å². The standard InChI is InChI=1S/C26H33N5O4/c1-35-22-9-7-21(8-10-22)28-24(32)17-23-26(34)27-11-12-31(23)25(33)19-30-15-13-29(14-16-30)18-20-5-3-2-4-6-20/h2-10,23H,11-19H2,1H3,(H,27,34)(H,28,32)/t23-/m0/s1. The molecule has 2 aliphatic rings. The first-order valence-electron chi connectivity index (χ1n) is 12.0. The highest BCUT2D eigenvalue weighted by atomic mass is 16.5. The normalized spacial score (nSPS) is 19.2. The molecule has 9 heteroatoms. The molecule has 186 valence electrons. The van der Waals surface area contributed by atoms with Crippen molar-refractivity contribution in [3.8, 4) is 5.75 Å². The Morgan fingerprint density at radius 1 is 0.971 bits per heavy atom. The number of nitrogens with one attached hydrogen (secondary N) is 2. The van der Waals surface area contributed by atoms with Crippen LogP contribution in [0, 0.1) is 0 Å². The lowest BCUT2D eigenvalue weighted by molar-refractivity contribution is -0.145. The fourth-order valence-electron chi connectivity index (χ4n) is 4.51. The number of hydrogen-bond acceptors (Lipinski definition) is 6. The van der Waals surface area contributed by atoms with Crippen LogP contribution < -0.4 is 15.4 Å². The third kappa shape index (κ3) is 6.80. The number of benzene rings is 2. The van der Waals surface area contributed by atoms with Gasteiger partial charge in [0, 0.05) is 51.5 Å². The summed E-state index contributed by atoms with van der Waals surface area (Å²) in [5.74, 6) is -0.0300. The van der Waals surface area contributed by atoms with E-state index in [-0.39, 0.29) is 30.7 Å². The third-order valence-corrected chi connectivity index (χ3v) is 6.48. The van der Waals surface area contributed by atoms with E-state index in [1.54, 1.807) is 36.3 Å². The van der Waals surface area contributed by atoms with Gasteiger partial charge in [-0.15, -0.1) is 0 Å². The molecule has 0 spiro atoms. The number of nitrogens with zero attached hydrogens (tertiary/aromatic N) is 3. The van der Waals surface area contributed by atoms with Crippen LogP contribution in [0.15, 0.2) is 54.6 Å². The topological polar surface area (TPSA) is 94.2 Å². The summed E-state index contributed by atoms with van der Waals surface area (Å²) in [5.41, 5.74) is 1.89. The Bertz CT molecular complexity index is 1010.